The number of benzene rings is 3. The minimum atomic E-state index is -0.112. The number of carbonyl (C=O) groups excluding carboxylic acids is 1. The molecule has 2 heterocycles. The van der Waals surface area contributed by atoms with Gasteiger partial charge < -0.3 is 9.47 Å². The van der Waals surface area contributed by atoms with E-state index < -0.39 is 0 Å². The van der Waals surface area contributed by atoms with Gasteiger partial charge in [-0.2, -0.15) is 0 Å². The van der Waals surface area contributed by atoms with Gasteiger partial charge in [-0.15, -0.1) is 0 Å². The molecule has 2 aliphatic heterocycles. The van der Waals surface area contributed by atoms with Gasteiger partial charge in [-0.1, -0.05) is 54.1 Å². The Labute approximate surface area is 186 Å². The first-order valence-corrected chi connectivity index (χ1v) is 10.8. The van der Waals surface area contributed by atoms with E-state index >= 15 is 0 Å². The fourth-order valence-corrected chi connectivity index (χ4v) is 4.25. The minimum Gasteiger partial charge on any atom is -0.478 e. The molecule has 0 saturated heterocycles. The third-order valence-electron chi connectivity index (χ3n) is 5.61. The molecule has 0 aliphatic carbocycles. The topological polar surface area (TPSA) is 38.8 Å². The molecule has 0 amide bonds. The van der Waals surface area contributed by atoms with Crippen LogP contribution in [0.4, 0.5) is 0 Å². The van der Waals surface area contributed by atoms with E-state index in [-0.39, 0.29) is 5.78 Å². The van der Waals surface area contributed by atoms with Crippen LogP contribution in [0.1, 0.15) is 33.5 Å². The minimum absolute atomic E-state index is 0.112. The predicted octanol–water partition coefficient (Wildman–Crippen LogP) is 5.74. The summed E-state index contributed by atoms with van der Waals surface area (Å²) >= 11 is 6.07. The van der Waals surface area contributed by atoms with Crippen molar-refractivity contribution in [2.75, 3.05) is 13.3 Å². The average molecular weight is 432 g/mol. The summed E-state index contributed by atoms with van der Waals surface area (Å²) in [5, 5.41) is 0.620. The van der Waals surface area contributed by atoms with Crippen molar-refractivity contribution in [3.05, 3.63) is 99.8 Å². The van der Waals surface area contributed by atoms with Crippen molar-refractivity contribution in [2.24, 2.45) is 0 Å². The molecule has 5 heteroatoms. The Morgan fingerprint density at radius 2 is 1.90 bits per heavy atom. The number of rotatable bonds is 5. The smallest absolute Gasteiger partial charge is 0.231 e. The molecule has 0 N–H and O–H groups in total. The maximum atomic E-state index is 12.9. The Bertz CT molecular complexity index is 1160. The molecule has 0 aromatic heterocycles. The average Bonchev–Trinajstić information content (AvgIpc) is 3.10. The largest absolute Gasteiger partial charge is 0.478 e. The maximum Gasteiger partial charge on any atom is 0.231 e. The Morgan fingerprint density at radius 1 is 1.03 bits per heavy atom. The number of Topliss-reactive ketones (excluding diaryl/α,β-unsaturated/α-hetero) is 1. The van der Waals surface area contributed by atoms with Gasteiger partial charge in [0.25, 0.3) is 0 Å². The second-order valence-electron chi connectivity index (χ2n) is 7.83. The van der Waals surface area contributed by atoms with Gasteiger partial charge in [0.2, 0.25) is 5.78 Å². The Balaban J connectivity index is 1.32. The van der Waals surface area contributed by atoms with E-state index in [1.165, 1.54) is 5.56 Å². The quantitative estimate of drug-likeness (QED) is 0.483. The normalized spacial score (nSPS) is 16.5. The van der Waals surface area contributed by atoms with E-state index in [4.69, 9.17) is 21.1 Å². The zero-order chi connectivity index (χ0) is 21.2. The molecule has 0 bridgehead atoms. The monoisotopic (exact) mass is 431 g/mol. The first kappa shape index (κ1) is 19.9. The van der Waals surface area contributed by atoms with Crippen LogP contribution < -0.4 is 9.47 Å². The molecule has 0 atom stereocenters. The second-order valence-corrected chi connectivity index (χ2v) is 8.27. The van der Waals surface area contributed by atoms with Crippen molar-refractivity contribution in [2.45, 2.75) is 19.4 Å². The van der Waals surface area contributed by atoms with Crippen LogP contribution >= 0.6 is 11.6 Å². The van der Waals surface area contributed by atoms with Crippen molar-refractivity contribution in [1.29, 1.82) is 0 Å². The standard InChI is InChI=1S/C26H22ClNO3/c27-20-10-4-8-19(14-20)15-24-25(29)21-11-12-23-22(26(21)31-24)16-28(17-30-23)13-5-9-18-6-2-1-3-7-18/h1-4,6-8,10-12,14-15H,5,9,13,16-17H2/b24-15-. The Hall–Kier alpha value is -3.08. The van der Waals surface area contributed by atoms with Gasteiger partial charge in [-0.3, -0.25) is 9.69 Å². The highest BCUT2D eigenvalue weighted by atomic mass is 35.5. The van der Waals surface area contributed by atoms with Crippen LogP contribution in [-0.4, -0.2) is 24.0 Å². The SMILES string of the molecule is O=C1/C(=C/c2cccc(Cl)c2)Oc2c1ccc1c2CN(CCCc2ccccc2)CO1. The molecule has 5 rings (SSSR count). The van der Waals surface area contributed by atoms with E-state index in [0.717, 1.165) is 36.3 Å². The lowest BCUT2D eigenvalue weighted by Crippen LogP contribution is -2.33. The summed E-state index contributed by atoms with van der Waals surface area (Å²) < 4.78 is 12.0. The zero-order valence-corrected chi connectivity index (χ0v) is 17.8. The molecule has 0 unspecified atom stereocenters. The fourth-order valence-electron chi connectivity index (χ4n) is 4.05. The van der Waals surface area contributed by atoms with Crippen molar-refractivity contribution in [3.63, 3.8) is 0 Å². The first-order valence-electron chi connectivity index (χ1n) is 10.4. The third kappa shape index (κ3) is 4.22. The van der Waals surface area contributed by atoms with Gasteiger partial charge in [0.05, 0.1) is 11.1 Å². The Morgan fingerprint density at radius 3 is 2.74 bits per heavy atom. The molecule has 2 aliphatic rings. The van der Waals surface area contributed by atoms with Crippen LogP contribution in [0, 0.1) is 0 Å². The molecule has 3 aromatic rings. The van der Waals surface area contributed by atoms with Crippen molar-refractivity contribution in [1.82, 2.24) is 4.90 Å². The Kier molecular flexibility index (Phi) is 5.49. The van der Waals surface area contributed by atoms with Crippen LogP contribution in [0.3, 0.4) is 0 Å². The molecule has 0 fully saturated rings. The van der Waals surface area contributed by atoms with Crippen molar-refractivity contribution >= 4 is 23.5 Å². The van der Waals surface area contributed by atoms with Gasteiger partial charge in [0.15, 0.2) is 5.76 Å². The van der Waals surface area contributed by atoms with E-state index in [9.17, 15) is 4.79 Å². The number of ether oxygens (including phenoxy) is 2. The maximum absolute atomic E-state index is 12.9. The van der Waals surface area contributed by atoms with Crippen LogP contribution in [0.15, 0.2) is 72.5 Å². The van der Waals surface area contributed by atoms with Crippen molar-refractivity contribution < 1.29 is 14.3 Å². The predicted molar refractivity (Wildman–Crippen MR) is 121 cm³/mol. The molecule has 0 saturated carbocycles. The third-order valence-corrected chi connectivity index (χ3v) is 5.85. The fraction of sp³-hybridized carbons (Fsp3) is 0.192. The molecule has 4 nitrogen and oxygen atoms in total. The second kappa shape index (κ2) is 8.58. The van der Waals surface area contributed by atoms with E-state index in [2.05, 4.69) is 29.2 Å². The number of allylic oxidation sites excluding steroid dienone is 1. The number of aryl methyl sites for hydroxylation is 1. The van der Waals surface area contributed by atoms with E-state index in [1.807, 2.05) is 24.3 Å². The summed E-state index contributed by atoms with van der Waals surface area (Å²) in [6.07, 6.45) is 3.80. The number of fused-ring (bicyclic) bond motifs is 3. The van der Waals surface area contributed by atoms with Crippen LogP contribution in [-0.2, 0) is 13.0 Å². The summed E-state index contributed by atoms with van der Waals surface area (Å²) in [5.74, 6) is 1.60. The molecule has 0 radical (unpaired) electrons. The first-order chi connectivity index (χ1) is 15.2. The molecule has 0 spiro atoms. The number of hydrogen-bond acceptors (Lipinski definition) is 4. The zero-order valence-electron chi connectivity index (χ0n) is 17.0. The van der Waals surface area contributed by atoms with Crippen LogP contribution in [0.5, 0.6) is 11.5 Å². The highest BCUT2D eigenvalue weighted by Crippen LogP contribution is 2.42. The lowest BCUT2D eigenvalue weighted by atomic mass is 10.0. The lowest BCUT2D eigenvalue weighted by Gasteiger charge is -2.29. The summed E-state index contributed by atoms with van der Waals surface area (Å²) in [6.45, 7) is 2.15. The molecule has 31 heavy (non-hydrogen) atoms. The van der Waals surface area contributed by atoms with E-state index in [1.54, 1.807) is 24.3 Å². The lowest BCUT2D eigenvalue weighted by molar-refractivity contribution is 0.0928. The number of ketones is 1. The van der Waals surface area contributed by atoms with Crippen molar-refractivity contribution in [3.8, 4) is 11.5 Å². The molecular formula is C26H22ClNO3. The van der Waals surface area contributed by atoms with Gasteiger partial charge in [0, 0.05) is 18.1 Å². The molecule has 156 valence electrons. The summed E-state index contributed by atoms with van der Waals surface area (Å²) in [7, 11) is 0. The van der Waals surface area contributed by atoms with Gasteiger partial charge in [-0.05, 0) is 54.3 Å². The summed E-state index contributed by atoms with van der Waals surface area (Å²) in [5.41, 5.74) is 3.69. The number of hydrogen-bond donors (Lipinski definition) is 0. The summed E-state index contributed by atoms with van der Waals surface area (Å²) in [6, 6.07) is 21.5. The molecular weight excluding hydrogens is 410 g/mol. The van der Waals surface area contributed by atoms with Gasteiger partial charge in [-0.25, -0.2) is 0 Å². The van der Waals surface area contributed by atoms with Crippen LogP contribution in [0.25, 0.3) is 6.08 Å². The number of carbonyl (C=O) groups is 1. The summed E-state index contributed by atoms with van der Waals surface area (Å²) in [4.78, 5) is 15.1. The number of halogens is 1. The van der Waals surface area contributed by atoms with E-state index in [0.29, 0.717) is 35.4 Å². The van der Waals surface area contributed by atoms with Gasteiger partial charge >= 0.3 is 0 Å². The number of nitrogens with zero attached hydrogens (tertiary/aromatic N) is 1. The van der Waals surface area contributed by atoms with Gasteiger partial charge in [0.1, 0.15) is 18.2 Å². The van der Waals surface area contributed by atoms with Crippen LogP contribution in [0.2, 0.25) is 5.02 Å². The molecule has 3 aromatic carbocycles. The highest BCUT2D eigenvalue weighted by Gasteiger charge is 2.33. The highest BCUT2D eigenvalue weighted by molar-refractivity contribution is 6.30.